The fraction of sp³-hybridized carbons (Fsp3) is 0.333. The molecule has 0 spiro atoms. The molecule has 0 aromatic heterocycles. The molecule has 1 aromatic rings. The lowest BCUT2D eigenvalue weighted by Crippen LogP contribution is -2.33. The second kappa shape index (κ2) is 7.36. The van der Waals surface area contributed by atoms with E-state index in [-0.39, 0.29) is 18.3 Å². The van der Waals surface area contributed by atoms with Gasteiger partial charge in [-0.25, -0.2) is 0 Å². The largest absolute Gasteiger partial charge is 0.469 e. The molecule has 4 nitrogen and oxygen atoms in total. The van der Waals surface area contributed by atoms with Gasteiger partial charge < -0.3 is 9.64 Å². The maximum Gasteiger partial charge on any atom is 0.307 e. The summed E-state index contributed by atoms with van der Waals surface area (Å²) < 4.78 is 4.58. The third kappa shape index (κ3) is 4.58. The summed E-state index contributed by atoms with van der Waals surface area (Å²) in [5.41, 5.74) is 1.64. The lowest BCUT2D eigenvalue weighted by Gasteiger charge is -2.20. The number of rotatable bonds is 6. The monoisotopic (exact) mass is 261 g/mol. The van der Waals surface area contributed by atoms with Crippen molar-refractivity contribution in [2.24, 2.45) is 0 Å². The summed E-state index contributed by atoms with van der Waals surface area (Å²) in [6.45, 7) is 6.30. The number of hydrogen-bond donors (Lipinski definition) is 0. The summed E-state index contributed by atoms with van der Waals surface area (Å²) in [6.07, 6.45) is 1.83. The Bertz CT molecular complexity index is 468. The fourth-order valence-electron chi connectivity index (χ4n) is 1.72. The molecule has 0 saturated carbocycles. The van der Waals surface area contributed by atoms with Gasteiger partial charge in [-0.1, -0.05) is 23.8 Å². The van der Waals surface area contributed by atoms with Crippen LogP contribution in [0.25, 0.3) is 0 Å². The van der Waals surface area contributed by atoms with E-state index in [9.17, 15) is 9.59 Å². The molecular weight excluding hydrogens is 242 g/mol. The van der Waals surface area contributed by atoms with Crippen molar-refractivity contribution in [2.45, 2.75) is 13.3 Å². The van der Waals surface area contributed by atoms with Crippen LogP contribution in [0, 0.1) is 6.92 Å². The van der Waals surface area contributed by atoms with E-state index in [0.29, 0.717) is 18.7 Å². The summed E-state index contributed by atoms with van der Waals surface area (Å²) in [7, 11) is 1.34. The van der Waals surface area contributed by atoms with Crippen LogP contribution >= 0.6 is 0 Å². The highest BCUT2D eigenvalue weighted by molar-refractivity contribution is 5.94. The van der Waals surface area contributed by atoms with Crippen LogP contribution in [0.1, 0.15) is 22.3 Å². The molecule has 1 aromatic carbocycles. The first-order valence-corrected chi connectivity index (χ1v) is 6.12. The van der Waals surface area contributed by atoms with Gasteiger partial charge >= 0.3 is 5.97 Å². The Morgan fingerprint density at radius 1 is 1.42 bits per heavy atom. The Balaban J connectivity index is 2.77. The van der Waals surface area contributed by atoms with E-state index in [1.165, 1.54) is 7.11 Å². The number of amides is 1. The van der Waals surface area contributed by atoms with E-state index in [2.05, 4.69) is 11.3 Å². The van der Waals surface area contributed by atoms with Crippen LogP contribution < -0.4 is 0 Å². The molecule has 0 bridgehead atoms. The predicted molar refractivity (Wildman–Crippen MR) is 73.9 cm³/mol. The molecule has 0 radical (unpaired) electrons. The van der Waals surface area contributed by atoms with Crippen LogP contribution in [0.2, 0.25) is 0 Å². The van der Waals surface area contributed by atoms with Gasteiger partial charge in [0.2, 0.25) is 0 Å². The highest BCUT2D eigenvalue weighted by Gasteiger charge is 2.15. The first-order chi connectivity index (χ1) is 9.08. The van der Waals surface area contributed by atoms with Gasteiger partial charge in [-0.2, -0.15) is 0 Å². The standard InChI is InChI=1S/C15H19NO3/c1-4-9-16(10-8-14(17)19-3)15(18)13-7-5-6-12(2)11-13/h4-7,11H,1,8-10H2,2-3H3. The lowest BCUT2D eigenvalue weighted by atomic mass is 10.1. The second-order valence-electron chi connectivity index (χ2n) is 4.24. The van der Waals surface area contributed by atoms with Crippen LogP contribution in [0.3, 0.4) is 0 Å². The van der Waals surface area contributed by atoms with Crippen molar-refractivity contribution in [3.63, 3.8) is 0 Å². The highest BCUT2D eigenvalue weighted by Crippen LogP contribution is 2.08. The molecule has 1 rings (SSSR count). The third-order valence-electron chi connectivity index (χ3n) is 2.72. The number of esters is 1. The number of carbonyl (C=O) groups is 2. The number of nitrogens with zero attached hydrogens (tertiary/aromatic N) is 1. The molecule has 0 atom stereocenters. The summed E-state index contributed by atoms with van der Waals surface area (Å²) >= 11 is 0. The zero-order chi connectivity index (χ0) is 14.3. The number of methoxy groups -OCH3 is 1. The average molecular weight is 261 g/mol. The minimum atomic E-state index is -0.328. The quantitative estimate of drug-likeness (QED) is 0.582. The van der Waals surface area contributed by atoms with Crippen molar-refractivity contribution in [3.05, 3.63) is 48.0 Å². The van der Waals surface area contributed by atoms with E-state index >= 15 is 0 Å². The first-order valence-electron chi connectivity index (χ1n) is 6.12. The van der Waals surface area contributed by atoms with E-state index in [4.69, 9.17) is 0 Å². The average Bonchev–Trinajstić information content (AvgIpc) is 2.42. The Kier molecular flexibility index (Phi) is 5.79. The summed E-state index contributed by atoms with van der Waals surface area (Å²) in [5.74, 6) is -0.432. The van der Waals surface area contributed by atoms with E-state index in [0.717, 1.165) is 5.56 Å². The zero-order valence-electron chi connectivity index (χ0n) is 11.4. The molecule has 0 saturated heterocycles. The molecule has 1 amide bonds. The molecule has 0 aliphatic carbocycles. The molecule has 4 heteroatoms. The van der Waals surface area contributed by atoms with Gasteiger partial charge in [-0.15, -0.1) is 6.58 Å². The minimum Gasteiger partial charge on any atom is -0.469 e. The second-order valence-corrected chi connectivity index (χ2v) is 4.24. The molecule has 0 N–H and O–H groups in total. The van der Waals surface area contributed by atoms with Crippen molar-refractivity contribution in [2.75, 3.05) is 20.2 Å². The molecule has 0 fully saturated rings. The van der Waals surface area contributed by atoms with Gasteiger partial charge in [-0.05, 0) is 19.1 Å². The Morgan fingerprint density at radius 2 is 2.16 bits per heavy atom. The molecule has 19 heavy (non-hydrogen) atoms. The Hall–Kier alpha value is -2.10. The number of carbonyl (C=O) groups excluding carboxylic acids is 2. The zero-order valence-corrected chi connectivity index (χ0v) is 11.4. The lowest BCUT2D eigenvalue weighted by molar-refractivity contribution is -0.140. The van der Waals surface area contributed by atoms with Gasteiger partial charge in [-0.3, -0.25) is 9.59 Å². The van der Waals surface area contributed by atoms with Crippen LogP contribution in [0.4, 0.5) is 0 Å². The van der Waals surface area contributed by atoms with E-state index < -0.39 is 0 Å². The summed E-state index contributed by atoms with van der Waals surface area (Å²) in [4.78, 5) is 25.0. The maximum absolute atomic E-state index is 12.3. The van der Waals surface area contributed by atoms with E-state index in [1.807, 2.05) is 25.1 Å². The van der Waals surface area contributed by atoms with Crippen molar-refractivity contribution in [1.29, 1.82) is 0 Å². The predicted octanol–water partition coefficient (Wildman–Crippen LogP) is 2.19. The van der Waals surface area contributed by atoms with Crippen molar-refractivity contribution in [1.82, 2.24) is 4.90 Å². The van der Waals surface area contributed by atoms with E-state index in [1.54, 1.807) is 17.0 Å². The summed E-state index contributed by atoms with van der Waals surface area (Å²) in [5, 5.41) is 0. The van der Waals surface area contributed by atoms with Crippen LogP contribution in [0.5, 0.6) is 0 Å². The van der Waals surface area contributed by atoms with Gasteiger partial charge in [0.05, 0.1) is 13.5 Å². The smallest absolute Gasteiger partial charge is 0.307 e. The fourth-order valence-corrected chi connectivity index (χ4v) is 1.72. The molecule has 0 unspecified atom stereocenters. The number of ether oxygens (including phenoxy) is 1. The molecular formula is C15H19NO3. The number of aryl methyl sites for hydroxylation is 1. The molecule has 0 aliphatic heterocycles. The normalized spacial score (nSPS) is 9.79. The number of hydrogen-bond acceptors (Lipinski definition) is 3. The number of benzene rings is 1. The van der Waals surface area contributed by atoms with Crippen molar-refractivity contribution < 1.29 is 14.3 Å². The SMILES string of the molecule is C=CCN(CCC(=O)OC)C(=O)c1cccc(C)c1. The molecule has 102 valence electrons. The highest BCUT2D eigenvalue weighted by atomic mass is 16.5. The van der Waals surface area contributed by atoms with Gasteiger partial charge in [0, 0.05) is 18.7 Å². The minimum absolute atomic E-state index is 0.104. The van der Waals surface area contributed by atoms with Crippen LogP contribution in [-0.2, 0) is 9.53 Å². The van der Waals surface area contributed by atoms with Gasteiger partial charge in [0.15, 0.2) is 0 Å². The van der Waals surface area contributed by atoms with Crippen molar-refractivity contribution >= 4 is 11.9 Å². The van der Waals surface area contributed by atoms with Gasteiger partial charge in [0.1, 0.15) is 0 Å². The molecule has 0 heterocycles. The van der Waals surface area contributed by atoms with Crippen LogP contribution in [-0.4, -0.2) is 37.0 Å². The third-order valence-corrected chi connectivity index (χ3v) is 2.72. The Morgan fingerprint density at radius 3 is 2.74 bits per heavy atom. The van der Waals surface area contributed by atoms with Crippen LogP contribution in [0.15, 0.2) is 36.9 Å². The molecule has 0 aliphatic rings. The summed E-state index contributed by atoms with van der Waals surface area (Å²) in [6, 6.07) is 7.37. The topological polar surface area (TPSA) is 46.6 Å². The van der Waals surface area contributed by atoms with Gasteiger partial charge in [0.25, 0.3) is 5.91 Å². The van der Waals surface area contributed by atoms with Crippen molar-refractivity contribution in [3.8, 4) is 0 Å². The maximum atomic E-state index is 12.3. The Labute approximate surface area is 113 Å². The first kappa shape index (κ1) is 15.0.